The number of benzene rings is 1. The Morgan fingerprint density at radius 1 is 1.12 bits per heavy atom. The topological polar surface area (TPSA) is 37.3 Å². The van der Waals surface area contributed by atoms with E-state index >= 15 is 0 Å². The number of aromatic hydroxyl groups is 1. The minimum Gasteiger partial charge on any atom is -0.507 e. The summed E-state index contributed by atoms with van der Waals surface area (Å²) in [6, 6.07) is 3.56. The highest BCUT2D eigenvalue weighted by Gasteiger charge is 2.09. The zero-order chi connectivity index (χ0) is 12.8. The zero-order valence-corrected chi connectivity index (χ0v) is 11.0. The van der Waals surface area contributed by atoms with Crippen LogP contribution >= 0.6 is 0 Å². The summed E-state index contributed by atoms with van der Waals surface area (Å²) in [7, 11) is 0. The van der Waals surface area contributed by atoms with Crippen LogP contribution in [0.1, 0.15) is 60.5 Å². The van der Waals surface area contributed by atoms with Gasteiger partial charge in [0, 0.05) is 12.0 Å². The molecule has 0 spiro atoms. The van der Waals surface area contributed by atoms with E-state index in [9.17, 15) is 9.90 Å². The average Bonchev–Trinajstić information content (AvgIpc) is 2.30. The molecule has 0 aliphatic carbocycles. The van der Waals surface area contributed by atoms with E-state index in [0.717, 1.165) is 29.5 Å². The maximum absolute atomic E-state index is 11.9. The maximum Gasteiger partial charge on any atom is 0.162 e. The molecule has 0 bridgehead atoms. The van der Waals surface area contributed by atoms with Gasteiger partial charge in [0.2, 0.25) is 0 Å². The SMILES string of the molecule is CCCCCCC(=O)c1cc(C)c(O)c(C)c1. The van der Waals surface area contributed by atoms with Crippen molar-refractivity contribution in [2.75, 3.05) is 0 Å². The van der Waals surface area contributed by atoms with Crippen molar-refractivity contribution in [1.29, 1.82) is 0 Å². The Labute approximate surface area is 104 Å². The van der Waals surface area contributed by atoms with Gasteiger partial charge in [0.05, 0.1) is 0 Å². The van der Waals surface area contributed by atoms with Gasteiger partial charge in [-0.2, -0.15) is 0 Å². The summed E-state index contributed by atoms with van der Waals surface area (Å²) in [6.45, 7) is 5.82. The Morgan fingerprint density at radius 2 is 1.71 bits per heavy atom. The first-order valence-corrected chi connectivity index (χ1v) is 6.39. The van der Waals surface area contributed by atoms with E-state index in [1.165, 1.54) is 12.8 Å². The van der Waals surface area contributed by atoms with Crippen molar-refractivity contribution in [3.8, 4) is 5.75 Å². The van der Waals surface area contributed by atoms with Gasteiger partial charge in [-0.25, -0.2) is 0 Å². The van der Waals surface area contributed by atoms with Crippen molar-refractivity contribution in [2.45, 2.75) is 52.9 Å². The Kier molecular flexibility index (Phi) is 5.20. The molecule has 2 heteroatoms. The van der Waals surface area contributed by atoms with Gasteiger partial charge in [-0.05, 0) is 43.5 Å². The van der Waals surface area contributed by atoms with Crippen molar-refractivity contribution < 1.29 is 9.90 Å². The summed E-state index contributed by atoms with van der Waals surface area (Å²) in [6.07, 6.45) is 5.08. The van der Waals surface area contributed by atoms with Gasteiger partial charge in [-0.3, -0.25) is 4.79 Å². The molecule has 1 aromatic rings. The molecule has 0 aliphatic rings. The van der Waals surface area contributed by atoms with E-state index in [1.807, 2.05) is 13.8 Å². The molecular formula is C15H22O2. The Morgan fingerprint density at radius 3 is 2.24 bits per heavy atom. The van der Waals surface area contributed by atoms with Crippen LogP contribution in [-0.4, -0.2) is 10.9 Å². The van der Waals surface area contributed by atoms with E-state index < -0.39 is 0 Å². The molecule has 0 unspecified atom stereocenters. The first kappa shape index (κ1) is 13.8. The van der Waals surface area contributed by atoms with Crippen LogP contribution < -0.4 is 0 Å². The standard InChI is InChI=1S/C15H22O2/c1-4-5-6-7-8-14(16)13-9-11(2)15(17)12(3)10-13/h9-10,17H,4-8H2,1-3H3. The fraction of sp³-hybridized carbons (Fsp3) is 0.533. The predicted molar refractivity (Wildman–Crippen MR) is 70.7 cm³/mol. The third kappa shape index (κ3) is 3.88. The van der Waals surface area contributed by atoms with Crippen LogP contribution in [0.4, 0.5) is 0 Å². The molecule has 0 radical (unpaired) electrons. The quantitative estimate of drug-likeness (QED) is 0.592. The summed E-state index contributed by atoms with van der Waals surface area (Å²) < 4.78 is 0. The molecule has 0 aliphatic heterocycles. The summed E-state index contributed by atoms with van der Waals surface area (Å²) in [5, 5.41) is 9.65. The fourth-order valence-corrected chi connectivity index (χ4v) is 1.97. The highest BCUT2D eigenvalue weighted by Crippen LogP contribution is 2.23. The molecule has 0 aromatic heterocycles. The molecule has 0 amide bonds. The lowest BCUT2D eigenvalue weighted by Gasteiger charge is -2.07. The van der Waals surface area contributed by atoms with Crippen LogP contribution in [0.25, 0.3) is 0 Å². The number of ketones is 1. The lowest BCUT2D eigenvalue weighted by atomic mass is 9.99. The molecule has 0 saturated heterocycles. The first-order valence-electron chi connectivity index (χ1n) is 6.39. The second kappa shape index (κ2) is 6.43. The van der Waals surface area contributed by atoms with Crippen molar-refractivity contribution in [1.82, 2.24) is 0 Å². The number of unbranched alkanes of at least 4 members (excludes halogenated alkanes) is 3. The Balaban J connectivity index is 2.63. The van der Waals surface area contributed by atoms with Crippen LogP contribution in [-0.2, 0) is 0 Å². The third-order valence-electron chi connectivity index (χ3n) is 3.07. The summed E-state index contributed by atoms with van der Waals surface area (Å²) in [5.74, 6) is 0.486. The average molecular weight is 234 g/mol. The summed E-state index contributed by atoms with van der Waals surface area (Å²) in [5.41, 5.74) is 2.29. The van der Waals surface area contributed by atoms with E-state index in [2.05, 4.69) is 6.92 Å². The number of Topliss-reactive ketones (excluding diaryl/α,β-unsaturated/α-hetero) is 1. The van der Waals surface area contributed by atoms with E-state index in [-0.39, 0.29) is 5.78 Å². The van der Waals surface area contributed by atoms with E-state index in [4.69, 9.17) is 0 Å². The van der Waals surface area contributed by atoms with Gasteiger partial charge in [-0.15, -0.1) is 0 Å². The maximum atomic E-state index is 11.9. The molecule has 0 heterocycles. The molecule has 0 atom stereocenters. The van der Waals surface area contributed by atoms with Gasteiger partial charge in [-0.1, -0.05) is 26.2 Å². The minimum atomic E-state index is 0.187. The largest absolute Gasteiger partial charge is 0.507 e. The Bertz CT molecular complexity index is 371. The third-order valence-corrected chi connectivity index (χ3v) is 3.07. The van der Waals surface area contributed by atoms with E-state index in [1.54, 1.807) is 12.1 Å². The highest BCUT2D eigenvalue weighted by molar-refractivity contribution is 5.96. The number of hydrogen-bond donors (Lipinski definition) is 1. The van der Waals surface area contributed by atoms with Crippen molar-refractivity contribution in [2.24, 2.45) is 0 Å². The van der Waals surface area contributed by atoms with Crippen molar-refractivity contribution in [3.05, 3.63) is 28.8 Å². The van der Waals surface area contributed by atoms with E-state index in [0.29, 0.717) is 12.2 Å². The van der Waals surface area contributed by atoms with Crippen LogP contribution in [0.15, 0.2) is 12.1 Å². The molecule has 1 N–H and O–H groups in total. The first-order chi connectivity index (χ1) is 8.06. The number of phenolic OH excluding ortho intramolecular Hbond substituents is 1. The van der Waals surface area contributed by atoms with Gasteiger partial charge >= 0.3 is 0 Å². The lowest BCUT2D eigenvalue weighted by Crippen LogP contribution is -2.00. The smallest absolute Gasteiger partial charge is 0.162 e. The molecule has 1 rings (SSSR count). The Hall–Kier alpha value is -1.31. The number of carbonyl (C=O) groups is 1. The van der Waals surface area contributed by atoms with Crippen LogP contribution in [0.3, 0.4) is 0 Å². The highest BCUT2D eigenvalue weighted by atomic mass is 16.3. The number of rotatable bonds is 6. The second-order valence-corrected chi connectivity index (χ2v) is 4.69. The number of aryl methyl sites for hydroxylation is 2. The minimum absolute atomic E-state index is 0.187. The number of phenols is 1. The van der Waals surface area contributed by atoms with Crippen LogP contribution in [0, 0.1) is 13.8 Å². The van der Waals surface area contributed by atoms with Crippen molar-refractivity contribution >= 4 is 5.78 Å². The normalized spacial score (nSPS) is 10.5. The monoisotopic (exact) mass is 234 g/mol. The molecular weight excluding hydrogens is 212 g/mol. The van der Waals surface area contributed by atoms with Crippen LogP contribution in [0.2, 0.25) is 0 Å². The summed E-state index contributed by atoms with van der Waals surface area (Å²) in [4.78, 5) is 11.9. The number of hydrogen-bond acceptors (Lipinski definition) is 2. The van der Waals surface area contributed by atoms with Crippen LogP contribution in [0.5, 0.6) is 5.75 Å². The van der Waals surface area contributed by atoms with Gasteiger partial charge in [0.25, 0.3) is 0 Å². The fourth-order valence-electron chi connectivity index (χ4n) is 1.97. The number of carbonyl (C=O) groups excluding carboxylic acids is 1. The van der Waals surface area contributed by atoms with Gasteiger partial charge in [0.1, 0.15) is 5.75 Å². The van der Waals surface area contributed by atoms with Gasteiger partial charge in [0.15, 0.2) is 5.78 Å². The molecule has 0 saturated carbocycles. The zero-order valence-electron chi connectivity index (χ0n) is 11.0. The molecule has 17 heavy (non-hydrogen) atoms. The predicted octanol–water partition coefficient (Wildman–Crippen LogP) is 4.16. The second-order valence-electron chi connectivity index (χ2n) is 4.69. The van der Waals surface area contributed by atoms with Crippen molar-refractivity contribution in [3.63, 3.8) is 0 Å². The molecule has 0 fully saturated rings. The lowest BCUT2D eigenvalue weighted by molar-refractivity contribution is 0.0979. The summed E-state index contributed by atoms with van der Waals surface area (Å²) >= 11 is 0. The molecule has 94 valence electrons. The van der Waals surface area contributed by atoms with Gasteiger partial charge < -0.3 is 5.11 Å². The molecule has 2 nitrogen and oxygen atoms in total. The molecule has 1 aromatic carbocycles.